The zero-order valence-corrected chi connectivity index (χ0v) is 20.3. The zero-order chi connectivity index (χ0) is 23.2. The molecule has 5 rings (SSSR count). The molecule has 0 bridgehead atoms. The van der Waals surface area contributed by atoms with E-state index in [9.17, 15) is 13.2 Å². The highest BCUT2D eigenvalue weighted by atomic mass is 32.2. The number of carbonyl (C=O) groups excluding carboxylic acids is 1. The predicted octanol–water partition coefficient (Wildman–Crippen LogP) is 3.66. The average molecular weight is 487 g/mol. The van der Waals surface area contributed by atoms with E-state index in [2.05, 4.69) is 10.1 Å². The third-order valence-corrected chi connectivity index (χ3v) is 9.53. The van der Waals surface area contributed by atoms with E-state index in [1.54, 1.807) is 13.0 Å². The van der Waals surface area contributed by atoms with Crippen LogP contribution >= 0.6 is 11.3 Å². The number of rotatable bonds is 5. The number of hydrogen-bond donors (Lipinski definition) is 0. The van der Waals surface area contributed by atoms with Crippen LogP contribution in [0.3, 0.4) is 0 Å². The van der Waals surface area contributed by atoms with E-state index in [1.807, 2.05) is 36.1 Å². The van der Waals surface area contributed by atoms with Gasteiger partial charge in [-0.05, 0) is 43.9 Å². The lowest BCUT2D eigenvalue weighted by Crippen LogP contribution is -2.46. The van der Waals surface area contributed by atoms with Gasteiger partial charge in [-0.25, -0.2) is 8.42 Å². The fourth-order valence-electron chi connectivity index (χ4n) is 4.62. The van der Waals surface area contributed by atoms with Crippen molar-refractivity contribution in [3.8, 4) is 10.7 Å². The molecule has 2 aliphatic rings. The van der Waals surface area contributed by atoms with Crippen LogP contribution in [-0.2, 0) is 27.7 Å². The molecule has 1 saturated heterocycles. The highest BCUT2D eigenvalue weighted by Gasteiger charge is 2.38. The number of sulfonamides is 1. The van der Waals surface area contributed by atoms with Crippen LogP contribution in [0.4, 0.5) is 5.69 Å². The number of thiophene rings is 1. The van der Waals surface area contributed by atoms with E-state index in [4.69, 9.17) is 4.52 Å². The Labute approximate surface area is 197 Å². The lowest BCUT2D eigenvalue weighted by Gasteiger charge is -2.33. The summed E-state index contributed by atoms with van der Waals surface area (Å²) in [5.41, 5.74) is 2.12. The summed E-state index contributed by atoms with van der Waals surface area (Å²) >= 11 is 1.34. The summed E-state index contributed by atoms with van der Waals surface area (Å²) in [5.74, 6) is 0.589. The first-order valence-electron chi connectivity index (χ1n) is 11.2. The summed E-state index contributed by atoms with van der Waals surface area (Å²) in [7, 11) is -3.74. The van der Waals surface area contributed by atoms with E-state index in [1.165, 1.54) is 21.2 Å². The quantitative estimate of drug-likeness (QED) is 0.546. The minimum Gasteiger partial charge on any atom is -0.339 e. The predicted molar refractivity (Wildman–Crippen MR) is 126 cm³/mol. The van der Waals surface area contributed by atoms with Gasteiger partial charge in [-0.1, -0.05) is 30.3 Å². The Hall–Kier alpha value is -2.56. The van der Waals surface area contributed by atoms with Crippen LogP contribution < -0.4 is 4.90 Å². The Bertz CT molecular complexity index is 1300. The van der Waals surface area contributed by atoms with E-state index >= 15 is 0 Å². The fraction of sp³-hybridized carbons (Fsp3) is 0.435. The third kappa shape index (κ3) is 4.00. The van der Waals surface area contributed by atoms with Crippen LogP contribution in [-0.4, -0.2) is 48.4 Å². The molecule has 0 spiro atoms. The van der Waals surface area contributed by atoms with Crippen molar-refractivity contribution < 1.29 is 17.7 Å². The molecule has 8 nitrogen and oxygen atoms in total. The number of aryl methyl sites for hydroxylation is 2. The maximum absolute atomic E-state index is 13.5. The van der Waals surface area contributed by atoms with Crippen molar-refractivity contribution in [2.24, 2.45) is 5.92 Å². The van der Waals surface area contributed by atoms with Gasteiger partial charge in [0.25, 0.3) is 0 Å². The average Bonchev–Trinajstić information content (AvgIpc) is 3.56. The van der Waals surface area contributed by atoms with Crippen molar-refractivity contribution >= 4 is 33.0 Å². The number of benzene rings is 1. The summed E-state index contributed by atoms with van der Waals surface area (Å²) in [6, 6.07) is 9.56. The molecular formula is C23H26N4O4S2. The highest BCUT2D eigenvalue weighted by Crippen LogP contribution is 2.36. The van der Waals surface area contributed by atoms with Gasteiger partial charge in [0, 0.05) is 36.6 Å². The molecule has 10 heteroatoms. The standard InChI is InChI=1S/C23H26N4O4S2/c1-3-21-24-22(25-31-21)19-13-20(15(2)32-19)33(29,30)26-11-6-8-17(14-26)23(28)27-12-10-16-7-4-5-9-18(16)27/h4-5,7,9,13,17H,3,6,8,10-12,14H2,1-2H3/t17-/m0/s1. The molecule has 0 N–H and O–H groups in total. The lowest BCUT2D eigenvalue weighted by atomic mass is 9.98. The second-order valence-electron chi connectivity index (χ2n) is 8.47. The topological polar surface area (TPSA) is 96.6 Å². The van der Waals surface area contributed by atoms with Crippen molar-refractivity contribution in [2.75, 3.05) is 24.5 Å². The fourth-order valence-corrected chi connectivity index (χ4v) is 7.63. The minimum atomic E-state index is -3.74. The zero-order valence-electron chi connectivity index (χ0n) is 18.7. The van der Waals surface area contributed by atoms with Crippen LogP contribution in [0.1, 0.15) is 36.1 Å². The van der Waals surface area contributed by atoms with Crippen LogP contribution in [0.25, 0.3) is 10.7 Å². The van der Waals surface area contributed by atoms with E-state index in [-0.39, 0.29) is 23.3 Å². The Balaban J connectivity index is 1.37. The molecule has 1 aromatic carbocycles. The van der Waals surface area contributed by atoms with Crippen molar-refractivity contribution in [1.29, 1.82) is 0 Å². The Morgan fingerprint density at radius 2 is 2.09 bits per heavy atom. The van der Waals surface area contributed by atoms with Crippen molar-refractivity contribution in [1.82, 2.24) is 14.4 Å². The molecule has 2 aromatic heterocycles. The molecule has 2 aliphatic heterocycles. The molecule has 1 amide bonds. The normalized spacial score (nSPS) is 19.1. The number of piperidine rings is 1. The number of aromatic nitrogens is 2. The number of carbonyl (C=O) groups is 1. The second-order valence-corrected chi connectivity index (χ2v) is 11.6. The van der Waals surface area contributed by atoms with Crippen LogP contribution in [0.15, 0.2) is 39.8 Å². The van der Waals surface area contributed by atoms with Gasteiger partial charge in [-0.2, -0.15) is 9.29 Å². The molecule has 174 valence electrons. The van der Waals surface area contributed by atoms with Gasteiger partial charge >= 0.3 is 0 Å². The molecule has 4 heterocycles. The molecule has 1 fully saturated rings. The monoisotopic (exact) mass is 486 g/mol. The van der Waals surface area contributed by atoms with Gasteiger partial charge in [0.2, 0.25) is 27.6 Å². The van der Waals surface area contributed by atoms with E-state index < -0.39 is 10.0 Å². The summed E-state index contributed by atoms with van der Waals surface area (Å²) in [6.45, 7) is 4.97. The molecule has 3 aromatic rings. The number of hydrogen-bond acceptors (Lipinski definition) is 7. The molecule has 0 aliphatic carbocycles. The first-order valence-corrected chi connectivity index (χ1v) is 13.5. The summed E-state index contributed by atoms with van der Waals surface area (Å²) < 4.78 is 33.7. The maximum atomic E-state index is 13.5. The van der Waals surface area contributed by atoms with Crippen LogP contribution in [0, 0.1) is 12.8 Å². The van der Waals surface area contributed by atoms with Crippen LogP contribution in [0.5, 0.6) is 0 Å². The van der Waals surface area contributed by atoms with Crippen molar-refractivity contribution in [3.63, 3.8) is 0 Å². The number of fused-ring (bicyclic) bond motifs is 1. The summed E-state index contributed by atoms with van der Waals surface area (Å²) in [5, 5.41) is 3.97. The number of anilines is 1. The summed E-state index contributed by atoms with van der Waals surface area (Å²) in [6.07, 6.45) is 2.81. The van der Waals surface area contributed by atoms with Gasteiger partial charge in [-0.3, -0.25) is 4.79 Å². The maximum Gasteiger partial charge on any atom is 0.244 e. The van der Waals surface area contributed by atoms with Gasteiger partial charge in [0.1, 0.15) is 0 Å². The molecule has 1 atom stereocenters. The van der Waals surface area contributed by atoms with Crippen molar-refractivity contribution in [3.05, 3.63) is 46.7 Å². The van der Waals surface area contributed by atoms with Crippen LogP contribution in [0.2, 0.25) is 0 Å². The number of nitrogens with zero attached hydrogens (tertiary/aromatic N) is 4. The van der Waals surface area contributed by atoms with Crippen molar-refractivity contribution in [2.45, 2.75) is 44.4 Å². The Morgan fingerprint density at radius 1 is 1.27 bits per heavy atom. The SMILES string of the molecule is CCc1nc(-c2cc(S(=O)(=O)N3CCC[C@H](C(=O)N4CCc5ccccc54)C3)c(C)s2)no1. The first-order chi connectivity index (χ1) is 15.9. The van der Waals surface area contributed by atoms with Gasteiger partial charge in [0.15, 0.2) is 0 Å². The van der Waals surface area contributed by atoms with Gasteiger partial charge in [0.05, 0.1) is 15.7 Å². The minimum absolute atomic E-state index is 0.0153. The Morgan fingerprint density at radius 3 is 2.88 bits per heavy atom. The van der Waals surface area contributed by atoms with Gasteiger partial charge in [-0.15, -0.1) is 11.3 Å². The van der Waals surface area contributed by atoms with E-state index in [0.717, 1.165) is 12.1 Å². The first kappa shape index (κ1) is 22.2. The smallest absolute Gasteiger partial charge is 0.244 e. The summed E-state index contributed by atoms with van der Waals surface area (Å²) in [4.78, 5) is 21.1. The second kappa shape index (κ2) is 8.66. The largest absolute Gasteiger partial charge is 0.339 e. The van der Waals surface area contributed by atoms with Gasteiger partial charge < -0.3 is 9.42 Å². The highest BCUT2D eigenvalue weighted by molar-refractivity contribution is 7.89. The molecular weight excluding hydrogens is 460 g/mol. The number of amides is 1. The lowest BCUT2D eigenvalue weighted by molar-refractivity contribution is -0.123. The van der Waals surface area contributed by atoms with E-state index in [0.29, 0.717) is 53.8 Å². The molecule has 0 radical (unpaired) electrons. The number of para-hydroxylation sites is 1. The molecule has 0 unspecified atom stereocenters. The third-order valence-electron chi connectivity index (χ3n) is 6.37. The Kier molecular flexibility index (Phi) is 5.84. The molecule has 33 heavy (non-hydrogen) atoms. The molecule has 0 saturated carbocycles.